The van der Waals surface area contributed by atoms with Gasteiger partial charge in [-0.3, -0.25) is 9.59 Å². The topological polar surface area (TPSA) is 107 Å². The summed E-state index contributed by atoms with van der Waals surface area (Å²) in [5, 5.41) is 2.39. The number of aryl methyl sites for hydroxylation is 1. The van der Waals surface area contributed by atoms with Gasteiger partial charge in [0.15, 0.2) is 6.29 Å². The minimum Gasteiger partial charge on any atom is -0.462 e. The maximum atomic E-state index is 14.5. The van der Waals surface area contributed by atoms with E-state index in [-0.39, 0.29) is 41.2 Å². The summed E-state index contributed by atoms with van der Waals surface area (Å²) >= 11 is 0. The van der Waals surface area contributed by atoms with Gasteiger partial charge in [-0.05, 0) is 19.9 Å². The van der Waals surface area contributed by atoms with Crippen LogP contribution in [0.4, 0.5) is 4.39 Å². The van der Waals surface area contributed by atoms with Crippen LogP contribution in [0.25, 0.3) is 11.1 Å². The number of H-pyrrole nitrogens is 1. The van der Waals surface area contributed by atoms with Gasteiger partial charge < -0.3 is 24.5 Å². The molecule has 0 saturated carbocycles. The molecule has 0 aliphatic heterocycles. The molecule has 156 valence electrons. The maximum absolute atomic E-state index is 14.5. The molecule has 0 fully saturated rings. The van der Waals surface area contributed by atoms with Crippen molar-refractivity contribution in [2.24, 2.45) is 0 Å². The molecule has 8 nitrogen and oxygen atoms in total. The highest BCUT2D eigenvalue weighted by atomic mass is 19.1. The van der Waals surface area contributed by atoms with Crippen LogP contribution < -0.4 is 5.32 Å². The number of carbonyl (C=O) groups excluding carboxylic acids is 3. The molecule has 1 heterocycles. The van der Waals surface area contributed by atoms with Crippen LogP contribution in [0.2, 0.25) is 0 Å². The van der Waals surface area contributed by atoms with Crippen molar-refractivity contribution in [2.45, 2.75) is 20.1 Å². The Morgan fingerprint density at radius 1 is 1.17 bits per heavy atom. The lowest BCUT2D eigenvalue weighted by Crippen LogP contribution is -2.38. The summed E-state index contributed by atoms with van der Waals surface area (Å²) in [6, 6.07) is 5.65. The van der Waals surface area contributed by atoms with Crippen molar-refractivity contribution >= 4 is 17.7 Å². The smallest absolute Gasteiger partial charge is 0.340 e. The number of amides is 1. The van der Waals surface area contributed by atoms with Crippen molar-refractivity contribution in [1.29, 1.82) is 0 Å². The molecule has 0 bridgehead atoms. The van der Waals surface area contributed by atoms with Gasteiger partial charge in [0.25, 0.3) is 11.7 Å². The largest absolute Gasteiger partial charge is 0.462 e. The summed E-state index contributed by atoms with van der Waals surface area (Å²) in [7, 11) is 2.77. The molecule has 2 N–H and O–H groups in total. The van der Waals surface area contributed by atoms with Gasteiger partial charge in [-0.25, -0.2) is 9.18 Å². The predicted molar refractivity (Wildman–Crippen MR) is 102 cm³/mol. The number of rotatable bonds is 9. The van der Waals surface area contributed by atoms with Crippen molar-refractivity contribution < 1.29 is 33.0 Å². The van der Waals surface area contributed by atoms with Gasteiger partial charge in [-0.15, -0.1) is 0 Å². The summed E-state index contributed by atoms with van der Waals surface area (Å²) in [4.78, 5) is 40.3. The van der Waals surface area contributed by atoms with Crippen LogP contribution >= 0.6 is 0 Å². The second kappa shape index (κ2) is 9.94. The Balaban J connectivity index is 2.50. The van der Waals surface area contributed by atoms with Crippen LogP contribution in [0, 0.1) is 12.7 Å². The van der Waals surface area contributed by atoms with Gasteiger partial charge in [0.05, 0.1) is 18.7 Å². The summed E-state index contributed by atoms with van der Waals surface area (Å²) in [6.07, 6.45) is -0.738. The van der Waals surface area contributed by atoms with Crippen molar-refractivity contribution in [1.82, 2.24) is 10.3 Å². The molecular weight excluding hydrogens is 383 g/mol. The fraction of sp³-hybridized carbons (Fsp3) is 0.350. The molecule has 1 aromatic heterocycles. The fourth-order valence-corrected chi connectivity index (χ4v) is 2.82. The Morgan fingerprint density at radius 3 is 2.41 bits per heavy atom. The van der Waals surface area contributed by atoms with Crippen LogP contribution in [0.3, 0.4) is 0 Å². The number of methoxy groups -OCH3 is 2. The quantitative estimate of drug-likeness (QED) is 0.286. The number of esters is 1. The number of nitrogens with one attached hydrogen (secondary N) is 2. The van der Waals surface area contributed by atoms with Crippen LogP contribution in [-0.4, -0.2) is 56.3 Å². The number of hydrogen-bond donors (Lipinski definition) is 2. The molecule has 0 aliphatic carbocycles. The molecule has 1 amide bonds. The number of carbonyl (C=O) groups is 3. The van der Waals surface area contributed by atoms with E-state index in [0.29, 0.717) is 0 Å². The van der Waals surface area contributed by atoms with Crippen molar-refractivity contribution in [3.8, 4) is 11.1 Å². The van der Waals surface area contributed by atoms with E-state index in [1.54, 1.807) is 13.0 Å². The molecule has 0 spiro atoms. The molecule has 0 unspecified atom stereocenters. The summed E-state index contributed by atoms with van der Waals surface area (Å²) in [5.41, 5.74) is 0.0563. The summed E-state index contributed by atoms with van der Waals surface area (Å²) < 4.78 is 29.5. The standard InChI is InChI=1S/C20H23FN2O6/c1-5-29-20(26)15-11(2)23-17(16(15)12-8-6-7-9-13(12)21)18(24)19(25)22-10-14(27-3)28-4/h6-9,14,23H,5,10H2,1-4H3,(H,22,25). The number of benzene rings is 1. The highest BCUT2D eigenvalue weighted by Crippen LogP contribution is 2.33. The van der Waals surface area contributed by atoms with Gasteiger partial charge >= 0.3 is 5.97 Å². The highest BCUT2D eigenvalue weighted by Gasteiger charge is 2.31. The molecule has 29 heavy (non-hydrogen) atoms. The summed E-state index contributed by atoms with van der Waals surface area (Å²) in [5.74, 6) is -3.30. The zero-order valence-corrected chi connectivity index (χ0v) is 16.6. The van der Waals surface area contributed by atoms with Crippen molar-refractivity contribution in [3.05, 3.63) is 47.0 Å². The van der Waals surface area contributed by atoms with Crippen molar-refractivity contribution in [3.63, 3.8) is 0 Å². The van der Waals surface area contributed by atoms with Gasteiger partial charge in [-0.2, -0.15) is 0 Å². The first-order valence-electron chi connectivity index (χ1n) is 8.88. The van der Waals surface area contributed by atoms with Gasteiger partial charge in [0.1, 0.15) is 11.5 Å². The Bertz CT molecular complexity index is 904. The van der Waals surface area contributed by atoms with E-state index in [1.165, 1.54) is 39.3 Å². The van der Waals surface area contributed by atoms with E-state index in [0.717, 1.165) is 0 Å². The first-order chi connectivity index (χ1) is 13.8. The van der Waals surface area contributed by atoms with E-state index in [4.69, 9.17) is 14.2 Å². The molecule has 0 aliphatic rings. The average Bonchev–Trinajstić information content (AvgIpc) is 3.05. The molecule has 0 atom stereocenters. The average molecular weight is 406 g/mol. The second-order valence-corrected chi connectivity index (χ2v) is 6.02. The Kier molecular flexibility index (Phi) is 7.63. The predicted octanol–water partition coefficient (Wildman–Crippen LogP) is 2.22. The van der Waals surface area contributed by atoms with E-state index < -0.39 is 29.8 Å². The van der Waals surface area contributed by atoms with E-state index in [1.807, 2.05) is 0 Å². The zero-order chi connectivity index (χ0) is 21.6. The molecule has 2 aromatic rings. The Morgan fingerprint density at radius 2 is 1.83 bits per heavy atom. The lowest BCUT2D eigenvalue weighted by Gasteiger charge is -2.13. The number of hydrogen-bond acceptors (Lipinski definition) is 6. The third-order valence-electron chi connectivity index (χ3n) is 4.20. The minimum atomic E-state index is -0.965. The van der Waals surface area contributed by atoms with Gasteiger partial charge in [-0.1, -0.05) is 18.2 Å². The normalized spacial score (nSPS) is 10.8. The highest BCUT2D eigenvalue weighted by molar-refractivity contribution is 6.43. The van der Waals surface area contributed by atoms with Crippen LogP contribution in [-0.2, 0) is 19.0 Å². The second-order valence-electron chi connectivity index (χ2n) is 6.02. The van der Waals surface area contributed by atoms with E-state index >= 15 is 0 Å². The number of aromatic nitrogens is 1. The van der Waals surface area contributed by atoms with Gasteiger partial charge in [0.2, 0.25) is 0 Å². The first kappa shape index (κ1) is 22.3. The van der Waals surface area contributed by atoms with Crippen LogP contribution in [0.15, 0.2) is 24.3 Å². The molecule has 0 radical (unpaired) electrons. The molecule has 9 heteroatoms. The number of ether oxygens (including phenoxy) is 3. The lowest BCUT2D eigenvalue weighted by atomic mass is 9.98. The number of aromatic amines is 1. The van der Waals surface area contributed by atoms with Crippen LogP contribution in [0.1, 0.15) is 33.5 Å². The minimum absolute atomic E-state index is 0.000223. The lowest BCUT2D eigenvalue weighted by molar-refractivity contribution is -0.123. The first-order valence-corrected chi connectivity index (χ1v) is 8.88. The van der Waals surface area contributed by atoms with Gasteiger partial charge in [0, 0.05) is 31.0 Å². The molecular formula is C20H23FN2O6. The third kappa shape index (κ3) is 4.87. The monoisotopic (exact) mass is 406 g/mol. The van der Waals surface area contributed by atoms with Crippen LogP contribution in [0.5, 0.6) is 0 Å². The number of ketones is 1. The third-order valence-corrected chi connectivity index (χ3v) is 4.20. The zero-order valence-electron chi connectivity index (χ0n) is 16.6. The fourth-order valence-electron chi connectivity index (χ4n) is 2.82. The van der Waals surface area contributed by atoms with E-state index in [9.17, 15) is 18.8 Å². The summed E-state index contributed by atoms with van der Waals surface area (Å²) in [6.45, 7) is 3.19. The van der Waals surface area contributed by atoms with E-state index in [2.05, 4.69) is 10.3 Å². The number of halogens is 1. The molecule has 2 rings (SSSR count). The maximum Gasteiger partial charge on any atom is 0.340 e. The Labute approximate surface area is 167 Å². The molecule has 1 aromatic carbocycles. The Hall–Kier alpha value is -3.04. The SMILES string of the molecule is CCOC(=O)c1c(C)[nH]c(C(=O)C(=O)NCC(OC)OC)c1-c1ccccc1F. The van der Waals surface area contributed by atoms with Crippen molar-refractivity contribution in [2.75, 3.05) is 27.4 Å². The molecule has 0 saturated heterocycles. The number of Topliss-reactive ketones (excluding diaryl/α,β-unsaturated/α-hetero) is 1.